The van der Waals surface area contributed by atoms with E-state index in [1.165, 1.54) is 23.1 Å². The van der Waals surface area contributed by atoms with Crippen molar-refractivity contribution in [1.29, 1.82) is 5.26 Å². The fraction of sp³-hybridized carbons (Fsp3) is 0.476. The van der Waals surface area contributed by atoms with Gasteiger partial charge in [0, 0.05) is 18.0 Å². The molecule has 0 aromatic heterocycles. The Morgan fingerprint density at radius 3 is 2.86 bits per heavy atom. The average molecular weight is 410 g/mol. The molecule has 1 unspecified atom stereocenters. The monoisotopic (exact) mass is 409 g/mol. The molecule has 0 spiro atoms. The predicted octanol–water partition coefficient (Wildman–Crippen LogP) is 3.13. The van der Waals surface area contributed by atoms with E-state index in [0.29, 0.717) is 17.4 Å². The molecule has 8 heteroatoms. The van der Waals surface area contributed by atoms with Crippen LogP contribution < -0.4 is 5.32 Å². The zero-order chi connectivity index (χ0) is 20.2. The van der Waals surface area contributed by atoms with Crippen LogP contribution in [0.4, 0.5) is 5.69 Å². The van der Waals surface area contributed by atoms with Crippen LogP contribution in [0.2, 0.25) is 0 Å². The van der Waals surface area contributed by atoms with Crippen molar-refractivity contribution in [3.05, 3.63) is 29.8 Å². The third-order valence-corrected chi connectivity index (χ3v) is 6.23. The number of nitrogens with one attached hydrogen (secondary N) is 1. The molecule has 1 fully saturated rings. The molecule has 3 aliphatic rings. The van der Waals surface area contributed by atoms with Gasteiger partial charge in [-0.3, -0.25) is 14.6 Å². The van der Waals surface area contributed by atoms with Crippen molar-refractivity contribution in [2.75, 3.05) is 5.75 Å². The van der Waals surface area contributed by atoms with E-state index in [0.717, 1.165) is 36.9 Å². The lowest BCUT2D eigenvalue weighted by molar-refractivity contribution is -0.125. The van der Waals surface area contributed by atoms with Gasteiger partial charge in [-0.15, -0.1) is 0 Å². The Hall–Kier alpha value is -2.66. The summed E-state index contributed by atoms with van der Waals surface area (Å²) < 4.78 is 0. The molecule has 0 radical (unpaired) electrons. The van der Waals surface area contributed by atoms with E-state index in [9.17, 15) is 9.59 Å². The summed E-state index contributed by atoms with van der Waals surface area (Å²) in [5.74, 6) is 0.581. The Morgan fingerprint density at radius 2 is 2.07 bits per heavy atom. The minimum absolute atomic E-state index is 0.0112. The van der Waals surface area contributed by atoms with Gasteiger partial charge in [-0.05, 0) is 31.4 Å². The first-order valence-corrected chi connectivity index (χ1v) is 11.0. The lowest BCUT2D eigenvalue weighted by atomic mass is 9.95. The predicted molar refractivity (Wildman–Crippen MR) is 113 cm³/mol. The minimum Gasteiger partial charge on any atom is -0.353 e. The number of carbonyl (C=O) groups is 2. The van der Waals surface area contributed by atoms with Crippen molar-refractivity contribution < 1.29 is 9.59 Å². The standard InChI is InChI=1S/C21H23N5O2S/c22-12-13-29-21-25-16-9-5-4-8-15(16)19-24-17(20(28)26(19)21)10-11-18(27)23-14-6-2-1-3-7-14/h4-5,8-9,14,17H,1-3,6-7,10-11,13H2,(H,23,27). The fourth-order valence-corrected chi connectivity index (χ4v) is 4.66. The molecule has 1 aromatic rings. The topological polar surface area (TPSA) is 97.9 Å². The number of nitriles is 1. The molecule has 0 saturated heterocycles. The molecule has 1 atom stereocenters. The van der Waals surface area contributed by atoms with Gasteiger partial charge >= 0.3 is 0 Å². The molecular formula is C21H23N5O2S. The van der Waals surface area contributed by atoms with Crippen LogP contribution in [0.15, 0.2) is 34.3 Å². The molecule has 1 N–H and O–H groups in total. The quantitative estimate of drug-likeness (QED) is 0.808. The normalized spacial score (nSPS) is 21.0. The Labute approximate surface area is 174 Å². The Bertz CT molecular complexity index is 914. The first kappa shape index (κ1) is 19.6. The third-order valence-electron chi connectivity index (χ3n) is 5.43. The lowest BCUT2D eigenvalue weighted by Gasteiger charge is -2.25. The van der Waals surface area contributed by atoms with Gasteiger partial charge in [0.25, 0.3) is 5.91 Å². The molecule has 2 amide bonds. The van der Waals surface area contributed by atoms with Crippen LogP contribution >= 0.6 is 11.8 Å². The number of fused-ring (bicyclic) bond motifs is 3. The van der Waals surface area contributed by atoms with Gasteiger partial charge in [-0.25, -0.2) is 9.89 Å². The van der Waals surface area contributed by atoms with E-state index < -0.39 is 6.04 Å². The van der Waals surface area contributed by atoms with Crippen molar-refractivity contribution in [3.8, 4) is 6.07 Å². The molecule has 1 aliphatic carbocycles. The average Bonchev–Trinajstić information content (AvgIpc) is 3.08. The lowest BCUT2D eigenvalue weighted by Crippen LogP contribution is -2.41. The molecule has 150 valence electrons. The van der Waals surface area contributed by atoms with E-state index >= 15 is 0 Å². The van der Waals surface area contributed by atoms with Crippen molar-refractivity contribution in [2.45, 2.75) is 57.0 Å². The maximum Gasteiger partial charge on any atom is 0.259 e. The number of thioether (sulfide) groups is 1. The number of amidine groups is 2. The zero-order valence-electron chi connectivity index (χ0n) is 16.1. The summed E-state index contributed by atoms with van der Waals surface area (Å²) in [5, 5.41) is 12.5. The summed E-state index contributed by atoms with van der Waals surface area (Å²) in [4.78, 5) is 36.1. The summed E-state index contributed by atoms with van der Waals surface area (Å²) in [5.41, 5.74) is 1.54. The van der Waals surface area contributed by atoms with Crippen LogP contribution in [0.25, 0.3) is 0 Å². The SMILES string of the molecule is N#CCSC1=Nc2ccccc2C2=NC(CCC(=O)NC3CCCCC3)C(=O)N12. The van der Waals surface area contributed by atoms with Crippen LogP contribution in [0.1, 0.15) is 50.5 Å². The Kier molecular flexibility index (Phi) is 5.95. The Morgan fingerprint density at radius 1 is 1.28 bits per heavy atom. The number of rotatable bonds is 5. The van der Waals surface area contributed by atoms with E-state index in [-0.39, 0.29) is 30.0 Å². The van der Waals surface area contributed by atoms with Crippen molar-refractivity contribution in [2.24, 2.45) is 9.98 Å². The van der Waals surface area contributed by atoms with Crippen LogP contribution in [-0.2, 0) is 9.59 Å². The summed E-state index contributed by atoms with van der Waals surface area (Å²) in [6.45, 7) is 0. The maximum atomic E-state index is 13.0. The number of hydrogen-bond donors (Lipinski definition) is 1. The number of amides is 2. The van der Waals surface area contributed by atoms with E-state index in [1.54, 1.807) is 0 Å². The second-order valence-corrected chi connectivity index (χ2v) is 8.38. The van der Waals surface area contributed by atoms with Crippen molar-refractivity contribution in [1.82, 2.24) is 10.2 Å². The molecule has 1 saturated carbocycles. The van der Waals surface area contributed by atoms with Gasteiger partial charge in [0.05, 0.1) is 17.5 Å². The highest BCUT2D eigenvalue weighted by Gasteiger charge is 2.41. The zero-order valence-corrected chi connectivity index (χ0v) is 17.0. The summed E-state index contributed by atoms with van der Waals surface area (Å²) >= 11 is 1.22. The Balaban J connectivity index is 1.46. The largest absolute Gasteiger partial charge is 0.353 e. The third kappa shape index (κ3) is 4.20. The molecule has 2 heterocycles. The molecular weight excluding hydrogens is 386 g/mol. The van der Waals surface area contributed by atoms with Crippen LogP contribution in [0, 0.1) is 11.3 Å². The smallest absolute Gasteiger partial charge is 0.259 e. The van der Waals surface area contributed by atoms with Gasteiger partial charge in [-0.1, -0.05) is 43.2 Å². The maximum absolute atomic E-state index is 13.0. The number of benzene rings is 1. The molecule has 7 nitrogen and oxygen atoms in total. The van der Waals surface area contributed by atoms with Crippen LogP contribution in [-0.4, -0.2) is 45.6 Å². The highest BCUT2D eigenvalue weighted by Crippen LogP contribution is 2.34. The first-order chi connectivity index (χ1) is 14.2. The summed E-state index contributed by atoms with van der Waals surface area (Å²) in [6.07, 6.45) is 6.29. The molecule has 4 rings (SSSR count). The fourth-order valence-electron chi connectivity index (χ4n) is 4.00. The minimum atomic E-state index is -0.596. The second kappa shape index (κ2) is 8.78. The highest BCUT2D eigenvalue weighted by molar-refractivity contribution is 8.14. The van der Waals surface area contributed by atoms with Gasteiger partial charge in [0.2, 0.25) is 5.91 Å². The van der Waals surface area contributed by atoms with E-state index in [1.807, 2.05) is 24.3 Å². The van der Waals surface area contributed by atoms with Gasteiger partial charge in [0.15, 0.2) is 5.17 Å². The number of nitrogens with zero attached hydrogens (tertiary/aromatic N) is 4. The van der Waals surface area contributed by atoms with Gasteiger partial charge in [-0.2, -0.15) is 5.26 Å². The molecule has 29 heavy (non-hydrogen) atoms. The summed E-state index contributed by atoms with van der Waals surface area (Å²) in [7, 11) is 0. The molecule has 1 aromatic carbocycles. The van der Waals surface area contributed by atoms with Gasteiger partial charge < -0.3 is 5.32 Å². The van der Waals surface area contributed by atoms with Gasteiger partial charge in [0.1, 0.15) is 11.9 Å². The van der Waals surface area contributed by atoms with Crippen LogP contribution in [0.3, 0.4) is 0 Å². The molecule has 0 bridgehead atoms. The highest BCUT2D eigenvalue weighted by atomic mass is 32.2. The van der Waals surface area contributed by atoms with E-state index in [4.69, 9.17) is 5.26 Å². The number of aliphatic imine (C=N–C) groups is 2. The first-order valence-electron chi connectivity index (χ1n) is 10.1. The second-order valence-electron chi connectivity index (χ2n) is 7.44. The number of para-hydroxylation sites is 1. The summed E-state index contributed by atoms with van der Waals surface area (Å²) in [6, 6.07) is 9.28. The van der Waals surface area contributed by atoms with Crippen molar-refractivity contribution >= 4 is 40.3 Å². The number of hydrogen-bond acceptors (Lipinski definition) is 6. The van der Waals surface area contributed by atoms with Crippen molar-refractivity contribution in [3.63, 3.8) is 0 Å². The van der Waals surface area contributed by atoms with Crippen LogP contribution in [0.5, 0.6) is 0 Å². The van der Waals surface area contributed by atoms with E-state index in [2.05, 4.69) is 21.4 Å². The number of carbonyl (C=O) groups excluding carboxylic acids is 2. The molecule has 2 aliphatic heterocycles.